The van der Waals surface area contributed by atoms with Crippen molar-refractivity contribution in [2.75, 3.05) is 33.4 Å². The van der Waals surface area contributed by atoms with Gasteiger partial charge >= 0.3 is 0 Å². The van der Waals surface area contributed by atoms with Crippen molar-refractivity contribution in [2.24, 2.45) is 0 Å². The van der Waals surface area contributed by atoms with Gasteiger partial charge in [0.1, 0.15) is 16.4 Å². The third-order valence-corrected chi connectivity index (χ3v) is 8.10. The van der Waals surface area contributed by atoms with Gasteiger partial charge in [-0.15, -0.1) is 0 Å². The zero-order valence-electron chi connectivity index (χ0n) is 22.6. The molecule has 1 atom stereocenters. The number of nitrogens with zero attached hydrogens (tertiary/aromatic N) is 4. The zero-order valence-corrected chi connectivity index (χ0v) is 23.4. The highest BCUT2D eigenvalue weighted by atomic mass is 32.2. The number of morpholine rings is 1. The number of non-ortho nitro benzene ring substituents is 1. The molecule has 214 valence electrons. The molecule has 40 heavy (non-hydrogen) atoms. The summed E-state index contributed by atoms with van der Waals surface area (Å²) in [5, 5.41) is 16.0. The molecule has 0 aliphatic carbocycles. The van der Waals surface area contributed by atoms with Crippen molar-refractivity contribution < 1.29 is 32.3 Å². The van der Waals surface area contributed by atoms with E-state index in [2.05, 4.69) is 9.82 Å². The number of nitro groups is 1. The number of amides is 1. The van der Waals surface area contributed by atoms with Crippen LogP contribution in [0.15, 0.2) is 47.4 Å². The van der Waals surface area contributed by atoms with Crippen LogP contribution in [0.2, 0.25) is 0 Å². The number of aromatic nitrogens is 2. The highest BCUT2D eigenvalue weighted by Crippen LogP contribution is 2.36. The minimum absolute atomic E-state index is 0.0793. The maximum atomic E-state index is 13.4. The fourth-order valence-electron chi connectivity index (χ4n) is 4.04. The summed E-state index contributed by atoms with van der Waals surface area (Å²) in [4.78, 5) is 25.4. The second-order valence-electron chi connectivity index (χ2n) is 9.21. The fourth-order valence-corrected chi connectivity index (χ4v) is 5.51. The highest BCUT2D eigenvalue weighted by molar-refractivity contribution is 7.89. The maximum Gasteiger partial charge on any atom is 0.274 e. The highest BCUT2D eigenvalue weighted by Gasteiger charge is 2.30. The molecule has 0 bridgehead atoms. The summed E-state index contributed by atoms with van der Waals surface area (Å²) < 4.78 is 47.3. The molecule has 2 heterocycles. The molecule has 0 spiro atoms. The fraction of sp³-hybridized carbons (Fsp3) is 0.385. The van der Waals surface area contributed by atoms with Gasteiger partial charge in [-0.1, -0.05) is 6.92 Å². The molecule has 14 heteroatoms. The second kappa shape index (κ2) is 12.0. The van der Waals surface area contributed by atoms with E-state index in [1.165, 1.54) is 17.9 Å². The van der Waals surface area contributed by atoms with Gasteiger partial charge in [-0.25, -0.2) is 13.1 Å². The largest absolute Gasteiger partial charge is 0.497 e. The van der Waals surface area contributed by atoms with Crippen LogP contribution in [0.1, 0.15) is 36.3 Å². The minimum atomic E-state index is -4.22. The van der Waals surface area contributed by atoms with Crippen molar-refractivity contribution in [1.82, 2.24) is 19.4 Å². The number of rotatable bonds is 10. The van der Waals surface area contributed by atoms with E-state index in [0.29, 0.717) is 49.7 Å². The van der Waals surface area contributed by atoms with Gasteiger partial charge in [-0.2, -0.15) is 9.78 Å². The van der Waals surface area contributed by atoms with Crippen molar-refractivity contribution in [1.29, 1.82) is 0 Å². The summed E-state index contributed by atoms with van der Waals surface area (Å²) in [6, 6.07) is 9.72. The van der Waals surface area contributed by atoms with Gasteiger partial charge in [-0.3, -0.25) is 14.9 Å². The number of methoxy groups -OCH3 is 1. The first-order chi connectivity index (χ1) is 19.1. The molecular weight excluding hydrogens is 542 g/mol. The lowest BCUT2D eigenvalue weighted by molar-refractivity contribution is -0.385. The van der Waals surface area contributed by atoms with Gasteiger partial charge < -0.3 is 19.1 Å². The van der Waals surface area contributed by atoms with Gasteiger partial charge in [0.25, 0.3) is 11.6 Å². The predicted octanol–water partition coefficient (Wildman–Crippen LogP) is 3.44. The van der Waals surface area contributed by atoms with Crippen LogP contribution in [0.3, 0.4) is 0 Å². The van der Waals surface area contributed by atoms with Crippen LogP contribution < -0.4 is 14.2 Å². The topological polar surface area (TPSA) is 155 Å². The number of nitrogens with one attached hydrogen (secondary N) is 1. The molecule has 2 aromatic carbocycles. The van der Waals surface area contributed by atoms with E-state index >= 15 is 0 Å². The Hall–Kier alpha value is -4.01. The molecule has 1 N–H and O–H groups in total. The Balaban J connectivity index is 1.85. The standard InChI is InChI=1S/C26H31N5O8S/c1-5-17(2)28-40(35,36)23-16-20(31(33)34)8-11-22(23)39-26-18(3)24(25(32)29-12-14-38-15-13-29)27-30(26)19-6-9-21(37-4)10-7-19/h6-11,16-17,28H,5,12-15H2,1-4H3/t17-/m0/s1. The number of hydrogen-bond donors (Lipinski definition) is 1. The van der Waals surface area contributed by atoms with Crippen molar-refractivity contribution in [3.8, 4) is 23.1 Å². The van der Waals surface area contributed by atoms with E-state index in [4.69, 9.17) is 14.2 Å². The monoisotopic (exact) mass is 573 g/mol. The number of carbonyl (C=O) groups excluding carboxylic acids is 1. The van der Waals surface area contributed by atoms with E-state index in [0.717, 1.165) is 12.1 Å². The Kier molecular flexibility index (Phi) is 8.71. The van der Waals surface area contributed by atoms with E-state index in [1.54, 1.807) is 43.0 Å². The first kappa shape index (κ1) is 29.0. The smallest absolute Gasteiger partial charge is 0.274 e. The Labute approximate surface area is 231 Å². The molecule has 1 saturated heterocycles. The summed E-state index contributed by atoms with van der Waals surface area (Å²) in [6.07, 6.45) is 0.501. The maximum absolute atomic E-state index is 13.4. The Morgan fingerprint density at radius 2 is 1.88 bits per heavy atom. The van der Waals surface area contributed by atoms with Gasteiger partial charge in [0.05, 0.1) is 30.9 Å². The van der Waals surface area contributed by atoms with Crippen LogP contribution >= 0.6 is 0 Å². The SMILES string of the molecule is CC[C@H](C)NS(=O)(=O)c1cc([N+](=O)[O-])ccc1Oc1c(C)c(C(=O)N2CCOCC2)nn1-c1ccc(OC)cc1. The first-order valence-electron chi connectivity index (χ1n) is 12.7. The van der Waals surface area contributed by atoms with Crippen molar-refractivity contribution >= 4 is 21.6 Å². The molecular formula is C26H31N5O8S. The quantitative estimate of drug-likeness (QED) is 0.284. The summed E-state index contributed by atoms with van der Waals surface area (Å²) in [7, 11) is -2.69. The number of sulfonamides is 1. The van der Waals surface area contributed by atoms with E-state index < -0.39 is 31.6 Å². The lowest BCUT2D eigenvalue weighted by Crippen LogP contribution is -2.41. The summed E-state index contributed by atoms with van der Waals surface area (Å²) in [6.45, 7) is 6.74. The molecule has 3 aromatic rings. The van der Waals surface area contributed by atoms with E-state index in [1.807, 2.05) is 6.92 Å². The number of nitro benzene ring substituents is 1. The molecule has 1 amide bonds. The zero-order chi connectivity index (χ0) is 29.0. The number of ether oxygens (including phenoxy) is 3. The average Bonchev–Trinajstić information content (AvgIpc) is 3.28. The second-order valence-corrected chi connectivity index (χ2v) is 10.9. The molecule has 0 radical (unpaired) electrons. The third kappa shape index (κ3) is 6.08. The molecule has 1 aromatic heterocycles. The van der Waals surface area contributed by atoms with Crippen LogP contribution in [0.4, 0.5) is 5.69 Å². The number of hydrogen-bond acceptors (Lipinski definition) is 9. The van der Waals surface area contributed by atoms with Crippen LogP contribution in [-0.2, 0) is 14.8 Å². The molecule has 13 nitrogen and oxygen atoms in total. The van der Waals surface area contributed by atoms with E-state index in [-0.39, 0.29) is 23.2 Å². The van der Waals surface area contributed by atoms with Crippen LogP contribution in [0.25, 0.3) is 5.69 Å². The lowest BCUT2D eigenvalue weighted by atomic mass is 10.2. The first-order valence-corrected chi connectivity index (χ1v) is 14.1. The van der Waals surface area contributed by atoms with Crippen LogP contribution in [0.5, 0.6) is 17.4 Å². The van der Waals surface area contributed by atoms with Crippen molar-refractivity contribution in [2.45, 2.75) is 38.1 Å². The van der Waals surface area contributed by atoms with Crippen molar-refractivity contribution in [3.63, 3.8) is 0 Å². The average molecular weight is 574 g/mol. The summed E-state index contributed by atoms with van der Waals surface area (Å²) in [5.74, 6) is 0.188. The normalized spacial score (nSPS) is 14.6. The van der Waals surface area contributed by atoms with E-state index in [9.17, 15) is 23.3 Å². The molecule has 0 unspecified atom stereocenters. The Morgan fingerprint density at radius 3 is 2.48 bits per heavy atom. The van der Waals surface area contributed by atoms with Crippen molar-refractivity contribution in [3.05, 3.63) is 63.8 Å². The predicted molar refractivity (Wildman–Crippen MR) is 145 cm³/mol. The molecule has 0 saturated carbocycles. The summed E-state index contributed by atoms with van der Waals surface area (Å²) in [5.41, 5.74) is 0.588. The Bertz CT molecular complexity index is 1500. The Morgan fingerprint density at radius 1 is 1.20 bits per heavy atom. The lowest BCUT2D eigenvalue weighted by Gasteiger charge is -2.26. The molecule has 1 aliphatic heterocycles. The third-order valence-electron chi connectivity index (χ3n) is 6.49. The summed E-state index contributed by atoms with van der Waals surface area (Å²) >= 11 is 0. The van der Waals surface area contributed by atoms with Gasteiger partial charge in [0.2, 0.25) is 15.9 Å². The number of carbonyl (C=O) groups is 1. The molecule has 1 aliphatic rings. The number of benzene rings is 2. The molecule has 1 fully saturated rings. The van der Waals surface area contributed by atoms with Gasteiger partial charge in [-0.05, 0) is 50.6 Å². The molecule has 4 rings (SSSR count). The van der Waals surface area contributed by atoms with Gasteiger partial charge in [0, 0.05) is 36.8 Å². The minimum Gasteiger partial charge on any atom is -0.497 e. The van der Waals surface area contributed by atoms with Crippen LogP contribution in [0, 0.1) is 17.0 Å². The van der Waals surface area contributed by atoms with Crippen LogP contribution in [-0.4, -0.2) is 73.4 Å². The van der Waals surface area contributed by atoms with Gasteiger partial charge in [0.15, 0.2) is 5.69 Å².